The van der Waals surface area contributed by atoms with Crippen molar-refractivity contribution in [1.82, 2.24) is 14.3 Å². The lowest BCUT2D eigenvalue weighted by Crippen LogP contribution is -2.35. The van der Waals surface area contributed by atoms with Gasteiger partial charge in [0.25, 0.3) is 5.91 Å². The number of ether oxygens (including phenoxy) is 1. The van der Waals surface area contributed by atoms with Crippen molar-refractivity contribution in [1.29, 1.82) is 0 Å². The Balaban J connectivity index is 1.80. The minimum absolute atomic E-state index is 0.00533. The van der Waals surface area contributed by atoms with E-state index in [1.807, 2.05) is 47.7 Å². The molecule has 3 heterocycles. The molecule has 5 heteroatoms. The number of pyridine rings is 1. The van der Waals surface area contributed by atoms with Crippen LogP contribution in [0.2, 0.25) is 0 Å². The van der Waals surface area contributed by atoms with Crippen molar-refractivity contribution in [3.8, 4) is 0 Å². The van der Waals surface area contributed by atoms with E-state index in [4.69, 9.17) is 4.74 Å². The van der Waals surface area contributed by atoms with Gasteiger partial charge in [0, 0.05) is 38.0 Å². The van der Waals surface area contributed by atoms with Crippen molar-refractivity contribution < 1.29 is 9.53 Å². The van der Waals surface area contributed by atoms with E-state index in [0.29, 0.717) is 18.2 Å². The van der Waals surface area contributed by atoms with Gasteiger partial charge >= 0.3 is 0 Å². The van der Waals surface area contributed by atoms with E-state index < -0.39 is 0 Å². The number of aryl methyl sites for hydroxylation is 1. The van der Waals surface area contributed by atoms with E-state index in [2.05, 4.69) is 4.98 Å². The predicted molar refractivity (Wildman–Crippen MR) is 80.4 cm³/mol. The summed E-state index contributed by atoms with van der Waals surface area (Å²) in [6, 6.07) is 3.99. The lowest BCUT2D eigenvalue weighted by atomic mass is 10.1. The van der Waals surface area contributed by atoms with Gasteiger partial charge in [0.05, 0.1) is 6.61 Å². The predicted octanol–water partition coefficient (Wildman–Crippen LogP) is 2.14. The molecule has 1 amide bonds. The number of nitrogens with zero attached hydrogens (tertiary/aromatic N) is 3. The zero-order valence-corrected chi connectivity index (χ0v) is 12.6. The first-order valence-corrected chi connectivity index (χ1v) is 7.49. The number of aromatic nitrogens is 2. The van der Waals surface area contributed by atoms with E-state index in [1.54, 1.807) is 0 Å². The Morgan fingerprint density at radius 2 is 2.43 bits per heavy atom. The molecule has 0 N–H and O–H groups in total. The Labute approximate surface area is 124 Å². The molecular weight excluding hydrogens is 266 g/mol. The van der Waals surface area contributed by atoms with Gasteiger partial charge in [-0.3, -0.25) is 4.79 Å². The molecular formula is C16H21N3O2. The van der Waals surface area contributed by atoms with Crippen LogP contribution in [0.15, 0.2) is 24.5 Å². The fourth-order valence-electron chi connectivity index (χ4n) is 2.74. The highest BCUT2D eigenvalue weighted by molar-refractivity contribution is 5.92. The molecule has 1 aliphatic rings. The number of hydrogen-bond donors (Lipinski definition) is 0. The van der Waals surface area contributed by atoms with Crippen molar-refractivity contribution in [2.45, 2.75) is 20.3 Å². The topological polar surface area (TPSA) is 46.8 Å². The summed E-state index contributed by atoms with van der Waals surface area (Å²) in [7, 11) is 0. The summed E-state index contributed by atoms with van der Waals surface area (Å²) in [6.45, 7) is 7.05. The number of amides is 1. The molecule has 0 spiro atoms. The molecule has 1 fully saturated rings. The van der Waals surface area contributed by atoms with Crippen LogP contribution in [-0.4, -0.2) is 46.5 Å². The number of carbonyl (C=O) groups is 1. The summed E-state index contributed by atoms with van der Waals surface area (Å²) in [5, 5.41) is 0. The minimum atomic E-state index is 0.00533. The van der Waals surface area contributed by atoms with Gasteiger partial charge in [-0.1, -0.05) is 0 Å². The molecule has 21 heavy (non-hydrogen) atoms. The molecule has 0 aromatic carbocycles. The minimum Gasteiger partial charge on any atom is -0.381 e. The van der Waals surface area contributed by atoms with Crippen LogP contribution in [-0.2, 0) is 4.74 Å². The first kappa shape index (κ1) is 14.1. The van der Waals surface area contributed by atoms with E-state index in [0.717, 1.165) is 37.4 Å². The van der Waals surface area contributed by atoms with Crippen LogP contribution in [0.4, 0.5) is 0 Å². The molecule has 3 rings (SSSR count). The van der Waals surface area contributed by atoms with E-state index in [9.17, 15) is 4.79 Å². The average Bonchev–Trinajstić information content (AvgIpc) is 3.12. The monoisotopic (exact) mass is 287 g/mol. The lowest BCUT2D eigenvalue weighted by Gasteiger charge is -2.22. The molecule has 1 aliphatic heterocycles. The number of fused-ring (bicyclic) bond motifs is 1. The normalized spacial score (nSPS) is 18.3. The molecule has 1 atom stereocenters. The van der Waals surface area contributed by atoms with Gasteiger partial charge < -0.3 is 14.0 Å². The molecule has 0 saturated carbocycles. The van der Waals surface area contributed by atoms with Gasteiger partial charge in [-0.15, -0.1) is 0 Å². The molecule has 0 aliphatic carbocycles. The van der Waals surface area contributed by atoms with Gasteiger partial charge in [0.15, 0.2) is 0 Å². The third-order valence-corrected chi connectivity index (χ3v) is 4.01. The smallest absolute Gasteiger partial charge is 0.274 e. The highest BCUT2D eigenvalue weighted by Gasteiger charge is 2.23. The van der Waals surface area contributed by atoms with Crippen molar-refractivity contribution in [2.75, 3.05) is 26.3 Å². The fourth-order valence-corrected chi connectivity index (χ4v) is 2.74. The molecule has 0 bridgehead atoms. The van der Waals surface area contributed by atoms with Gasteiger partial charge in [-0.2, -0.15) is 0 Å². The quantitative estimate of drug-likeness (QED) is 0.865. The SMILES string of the molecule is CCN(CC1CCOC1)C(=O)c1cn2ccc(C)cc2n1. The van der Waals surface area contributed by atoms with E-state index in [-0.39, 0.29) is 5.91 Å². The molecule has 5 nitrogen and oxygen atoms in total. The second-order valence-electron chi connectivity index (χ2n) is 5.67. The van der Waals surface area contributed by atoms with E-state index >= 15 is 0 Å². The summed E-state index contributed by atoms with van der Waals surface area (Å²) in [5.74, 6) is 0.457. The zero-order chi connectivity index (χ0) is 14.8. The maximum absolute atomic E-state index is 12.6. The zero-order valence-electron chi connectivity index (χ0n) is 12.6. The number of rotatable bonds is 4. The number of carbonyl (C=O) groups excluding carboxylic acids is 1. The first-order chi connectivity index (χ1) is 10.2. The summed E-state index contributed by atoms with van der Waals surface area (Å²) >= 11 is 0. The maximum atomic E-state index is 12.6. The number of imidazole rings is 1. The standard InChI is InChI=1S/C16H21N3O2/c1-3-18(9-13-5-7-21-11-13)16(20)14-10-19-6-4-12(2)8-15(19)17-14/h4,6,8,10,13H,3,5,7,9,11H2,1-2H3. The molecule has 2 aromatic heterocycles. The average molecular weight is 287 g/mol. The number of hydrogen-bond acceptors (Lipinski definition) is 3. The van der Waals surface area contributed by atoms with E-state index in [1.165, 1.54) is 0 Å². The van der Waals surface area contributed by atoms with Crippen LogP contribution in [0, 0.1) is 12.8 Å². The van der Waals surface area contributed by atoms with Crippen molar-refractivity contribution in [3.63, 3.8) is 0 Å². The lowest BCUT2D eigenvalue weighted by molar-refractivity contribution is 0.0725. The van der Waals surface area contributed by atoms with Gasteiger partial charge in [-0.05, 0) is 38.0 Å². The summed E-state index contributed by atoms with van der Waals surface area (Å²) in [4.78, 5) is 19.0. The van der Waals surface area contributed by atoms with Crippen LogP contribution in [0.25, 0.3) is 5.65 Å². The van der Waals surface area contributed by atoms with Crippen LogP contribution >= 0.6 is 0 Å². The van der Waals surface area contributed by atoms with Crippen molar-refractivity contribution >= 4 is 11.6 Å². The second-order valence-corrected chi connectivity index (χ2v) is 5.67. The molecule has 2 aromatic rings. The Morgan fingerprint density at radius 1 is 1.57 bits per heavy atom. The third-order valence-electron chi connectivity index (χ3n) is 4.01. The summed E-state index contributed by atoms with van der Waals surface area (Å²) in [6.07, 6.45) is 4.79. The van der Waals surface area contributed by atoms with Gasteiger partial charge in [0.1, 0.15) is 11.3 Å². The molecule has 1 unspecified atom stereocenters. The summed E-state index contributed by atoms with van der Waals surface area (Å²) < 4.78 is 7.29. The van der Waals surface area contributed by atoms with Crippen molar-refractivity contribution in [2.24, 2.45) is 5.92 Å². The highest BCUT2D eigenvalue weighted by atomic mass is 16.5. The Kier molecular flexibility index (Phi) is 3.92. The summed E-state index contributed by atoms with van der Waals surface area (Å²) in [5.41, 5.74) is 2.47. The Bertz CT molecular complexity index is 644. The highest BCUT2D eigenvalue weighted by Crippen LogP contribution is 2.16. The molecule has 112 valence electrons. The molecule has 1 saturated heterocycles. The largest absolute Gasteiger partial charge is 0.381 e. The van der Waals surface area contributed by atoms with Crippen LogP contribution in [0.5, 0.6) is 0 Å². The Morgan fingerprint density at radius 3 is 3.14 bits per heavy atom. The Hall–Kier alpha value is -1.88. The molecule has 0 radical (unpaired) electrons. The van der Waals surface area contributed by atoms with Gasteiger partial charge in [-0.25, -0.2) is 4.98 Å². The fraction of sp³-hybridized carbons (Fsp3) is 0.500. The van der Waals surface area contributed by atoms with Crippen molar-refractivity contribution in [3.05, 3.63) is 35.8 Å². The second kappa shape index (κ2) is 5.85. The van der Waals surface area contributed by atoms with Crippen LogP contribution in [0.3, 0.4) is 0 Å². The van der Waals surface area contributed by atoms with Gasteiger partial charge in [0.2, 0.25) is 0 Å². The maximum Gasteiger partial charge on any atom is 0.274 e. The van der Waals surface area contributed by atoms with Crippen LogP contribution < -0.4 is 0 Å². The first-order valence-electron chi connectivity index (χ1n) is 7.49. The van der Waals surface area contributed by atoms with Crippen LogP contribution in [0.1, 0.15) is 29.4 Å². The third kappa shape index (κ3) is 2.93.